The van der Waals surface area contributed by atoms with Crippen molar-refractivity contribution in [3.63, 3.8) is 0 Å². The van der Waals surface area contributed by atoms with Crippen molar-refractivity contribution in [2.45, 2.75) is 24.3 Å². The van der Waals surface area contributed by atoms with E-state index in [2.05, 4.69) is 4.72 Å². The van der Waals surface area contributed by atoms with Crippen LogP contribution in [-0.4, -0.2) is 52.1 Å². The summed E-state index contributed by atoms with van der Waals surface area (Å²) in [5.74, 6) is -0.162. The molecule has 1 atom stereocenters. The van der Waals surface area contributed by atoms with E-state index in [1.165, 1.54) is 19.2 Å². The standard InChI is InChI=1S/C14H20N2O4S/c1-3-12-10-16(7-8-20-12)14(17)11-5-4-6-13(9-11)21(18,19)15-2/h4-6,9,12,15H,3,7-8,10H2,1-2H3. The molecule has 1 aromatic carbocycles. The van der Waals surface area contributed by atoms with Crippen molar-refractivity contribution in [2.24, 2.45) is 0 Å². The summed E-state index contributed by atoms with van der Waals surface area (Å²) < 4.78 is 31.4. The molecule has 0 bridgehead atoms. The van der Waals surface area contributed by atoms with Gasteiger partial charge in [0.15, 0.2) is 0 Å². The molecule has 21 heavy (non-hydrogen) atoms. The summed E-state index contributed by atoms with van der Waals surface area (Å²) in [4.78, 5) is 14.3. The van der Waals surface area contributed by atoms with Crippen LogP contribution in [0.2, 0.25) is 0 Å². The highest BCUT2D eigenvalue weighted by Gasteiger charge is 2.24. The number of hydrogen-bond acceptors (Lipinski definition) is 4. The molecule has 0 radical (unpaired) electrons. The Balaban J connectivity index is 2.22. The Bertz CT molecular complexity index is 615. The quantitative estimate of drug-likeness (QED) is 0.894. The average Bonchev–Trinajstić information content (AvgIpc) is 2.54. The lowest BCUT2D eigenvalue weighted by molar-refractivity contribution is -0.0226. The van der Waals surface area contributed by atoms with Gasteiger partial charge in [-0.25, -0.2) is 13.1 Å². The van der Waals surface area contributed by atoms with Gasteiger partial charge in [0.1, 0.15) is 0 Å². The van der Waals surface area contributed by atoms with E-state index in [-0.39, 0.29) is 16.9 Å². The molecule has 1 N–H and O–H groups in total. The molecule has 0 aliphatic carbocycles. The third kappa shape index (κ3) is 3.61. The molecule has 2 rings (SSSR count). The van der Waals surface area contributed by atoms with Crippen LogP contribution in [0.4, 0.5) is 0 Å². The first kappa shape index (κ1) is 15.9. The fourth-order valence-corrected chi connectivity index (χ4v) is 3.02. The summed E-state index contributed by atoms with van der Waals surface area (Å²) in [6.07, 6.45) is 0.893. The molecule has 1 aromatic rings. The minimum Gasteiger partial charge on any atom is -0.375 e. The number of nitrogens with zero attached hydrogens (tertiary/aromatic N) is 1. The van der Waals surface area contributed by atoms with Crippen molar-refractivity contribution in [3.05, 3.63) is 29.8 Å². The predicted molar refractivity (Wildman–Crippen MR) is 78.6 cm³/mol. The highest BCUT2D eigenvalue weighted by Crippen LogP contribution is 2.16. The van der Waals surface area contributed by atoms with Gasteiger partial charge in [0, 0.05) is 18.7 Å². The molecule has 0 spiro atoms. The third-order valence-electron chi connectivity index (χ3n) is 3.54. The molecule has 6 nitrogen and oxygen atoms in total. The van der Waals surface area contributed by atoms with E-state index in [1.807, 2.05) is 6.92 Å². The Morgan fingerprint density at radius 3 is 2.90 bits per heavy atom. The molecule has 1 aliphatic heterocycles. The van der Waals surface area contributed by atoms with Crippen LogP contribution in [0.3, 0.4) is 0 Å². The number of ether oxygens (including phenoxy) is 1. The molecule has 0 saturated carbocycles. The maximum Gasteiger partial charge on any atom is 0.254 e. The minimum absolute atomic E-state index is 0.0481. The van der Waals surface area contributed by atoms with Gasteiger partial charge in [0.05, 0.1) is 17.6 Å². The number of sulfonamides is 1. The monoisotopic (exact) mass is 312 g/mol. The molecule has 1 amide bonds. The summed E-state index contributed by atoms with van der Waals surface area (Å²) in [5, 5.41) is 0. The number of benzene rings is 1. The Morgan fingerprint density at radius 2 is 2.24 bits per heavy atom. The second-order valence-corrected chi connectivity index (χ2v) is 6.77. The predicted octanol–water partition coefficient (Wildman–Crippen LogP) is 0.846. The van der Waals surface area contributed by atoms with Crippen LogP contribution in [0.1, 0.15) is 23.7 Å². The molecule has 1 heterocycles. The Kier molecular flexibility index (Phi) is 4.97. The normalized spacial score (nSPS) is 19.5. The molecule has 116 valence electrons. The van der Waals surface area contributed by atoms with Gasteiger partial charge in [-0.05, 0) is 31.7 Å². The number of morpholine rings is 1. The zero-order valence-corrected chi connectivity index (χ0v) is 13.0. The summed E-state index contributed by atoms with van der Waals surface area (Å²) in [6, 6.07) is 6.09. The van der Waals surface area contributed by atoms with Crippen LogP contribution in [0.15, 0.2) is 29.2 Å². The van der Waals surface area contributed by atoms with Gasteiger partial charge in [-0.2, -0.15) is 0 Å². The van der Waals surface area contributed by atoms with E-state index in [0.717, 1.165) is 6.42 Å². The number of amides is 1. The average molecular weight is 312 g/mol. The molecule has 1 fully saturated rings. The molecule has 1 aliphatic rings. The van der Waals surface area contributed by atoms with Crippen molar-refractivity contribution >= 4 is 15.9 Å². The highest BCUT2D eigenvalue weighted by molar-refractivity contribution is 7.89. The Morgan fingerprint density at radius 1 is 1.48 bits per heavy atom. The number of nitrogens with one attached hydrogen (secondary N) is 1. The smallest absolute Gasteiger partial charge is 0.254 e. The molecule has 0 aromatic heterocycles. The molecule has 1 saturated heterocycles. The van der Waals surface area contributed by atoms with Gasteiger partial charge >= 0.3 is 0 Å². The third-order valence-corrected chi connectivity index (χ3v) is 4.95. The fraction of sp³-hybridized carbons (Fsp3) is 0.500. The molecule has 7 heteroatoms. The second kappa shape index (κ2) is 6.55. The van der Waals surface area contributed by atoms with Crippen molar-refractivity contribution in [2.75, 3.05) is 26.7 Å². The Labute approximate surface area is 125 Å². The zero-order chi connectivity index (χ0) is 15.5. The first-order valence-corrected chi connectivity index (χ1v) is 8.40. The summed E-state index contributed by atoms with van der Waals surface area (Å²) in [5.41, 5.74) is 0.378. The van der Waals surface area contributed by atoms with Crippen molar-refractivity contribution in [1.29, 1.82) is 0 Å². The van der Waals surface area contributed by atoms with Crippen LogP contribution in [0.25, 0.3) is 0 Å². The first-order valence-electron chi connectivity index (χ1n) is 6.92. The summed E-state index contributed by atoms with van der Waals surface area (Å²) in [6.45, 7) is 3.59. The lowest BCUT2D eigenvalue weighted by Gasteiger charge is -2.32. The van der Waals surface area contributed by atoms with Crippen molar-refractivity contribution in [1.82, 2.24) is 9.62 Å². The number of rotatable bonds is 4. The topological polar surface area (TPSA) is 75.7 Å². The highest BCUT2D eigenvalue weighted by atomic mass is 32.2. The summed E-state index contributed by atoms with van der Waals surface area (Å²) in [7, 11) is -2.20. The van der Waals surface area contributed by atoms with E-state index < -0.39 is 10.0 Å². The van der Waals surface area contributed by atoms with Gasteiger partial charge < -0.3 is 9.64 Å². The minimum atomic E-state index is -3.55. The van der Waals surface area contributed by atoms with Crippen LogP contribution >= 0.6 is 0 Å². The lowest BCUT2D eigenvalue weighted by Crippen LogP contribution is -2.45. The van der Waals surface area contributed by atoms with E-state index >= 15 is 0 Å². The number of carbonyl (C=O) groups is 1. The van der Waals surface area contributed by atoms with E-state index in [9.17, 15) is 13.2 Å². The summed E-state index contributed by atoms with van der Waals surface area (Å²) >= 11 is 0. The van der Waals surface area contributed by atoms with Gasteiger partial charge in [-0.3, -0.25) is 4.79 Å². The molecular weight excluding hydrogens is 292 g/mol. The van der Waals surface area contributed by atoms with E-state index in [1.54, 1.807) is 17.0 Å². The van der Waals surface area contributed by atoms with Crippen LogP contribution in [0, 0.1) is 0 Å². The van der Waals surface area contributed by atoms with Crippen LogP contribution in [0.5, 0.6) is 0 Å². The maximum absolute atomic E-state index is 12.5. The second-order valence-electron chi connectivity index (χ2n) is 4.89. The SMILES string of the molecule is CCC1CN(C(=O)c2cccc(S(=O)(=O)NC)c2)CCO1. The lowest BCUT2D eigenvalue weighted by atomic mass is 10.1. The van der Waals surface area contributed by atoms with E-state index in [0.29, 0.717) is 25.3 Å². The number of carbonyl (C=O) groups excluding carboxylic acids is 1. The van der Waals surface area contributed by atoms with E-state index in [4.69, 9.17) is 4.74 Å². The largest absolute Gasteiger partial charge is 0.375 e. The zero-order valence-electron chi connectivity index (χ0n) is 12.2. The first-order chi connectivity index (χ1) is 9.97. The number of hydrogen-bond donors (Lipinski definition) is 1. The van der Waals surface area contributed by atoms with Gasteiger partial charge in [-0.1, -0.05) is 13.0 Å². The van der Waals surface area contributed by atoms with Crippen LogP contribution < -0.4 is 4.72 Å². The maximum atomic E-state index is 12.5. The van der Waals surface area contributed by atoms with Gasteiger partial charge in [0.25, 0.3) is 5.91 Å². The molecular formula is C14H20N2O4S. The van der Waals surface area contributed by atoms with Crippen molar-refractivity contribution < 1.29 is 17.9 Å². The van der Waals surface area contributed by atoms with Crippen LogP contribution in [-0.2, 0) is 14.8 Å². The fourth-order valence-electron chi connectivity index (χ4n) is 2.25. The molecule has 1 unspecified atom stereocenters. The van der Waals surface area contributed by atoms with Gasteiger partial charge in [-0.15, -0.1) is 0 Å². The van der Waals surface area contributed by atoms with Crippen molar-refractivity contribution in [3.8, 4) is 0 Å². The van der Waals surface area contributed by atoms with Gasteiger partial charge in [0.2, 0.25) is 10.0 Å². The Hall–Kier alpha value is -1.44.